The first-order valence-corrected chi connectivity index (χ1v) is 17.6. The van der Waals surface area contributed by atoms with E-state index in [1.165, 1.54) is 0 Å². The summed E-state index contributed by atoms with van der Waals surface area (Å²) in [4.78, 5) is 34.2. The number of rotatable bonds is 5. The van der Waals surface area contributed by atoms with Crippen LogP contribution in [0, 0.1) is 12.7 Å². The number of carbonyl (C=O) groups excluding carboxylic acids is 1. The Balaban J connectivity index is 1.21. The molecule has 0 radical (unpaired) electrons. The molecule has 2 atom stereocenters. The van der Waals surface area contributed by atoms with Crippen molar-refractivity contribution in [1.29, 1.82) is 0 Å². The van der Waals surface area contributed by atoms with Gasteiger partial charge >= 0.3 is 12.1 Å². The van der Waals surface area contributed by atoms with Crippen molar-refractivity contribution in [3.63, 3.8) is 0 Å². The molecule has 48 heavy (non-hydrogen) atoms. The highest BCUT2D eigenvalue weighted by Crippen LogP contribution is 2.42. The lowest BCUT2D eigenvalue weighted by Gasteiger charge is -2.42. The molecule has 0 unspecified atom stereocenters. The van der Waals surface area contributed by atoms with Crippen LogP contribution in [0.25, 0.3) is 32.9 Å². The highest BCUT2D eigenvalue weighted by Gasteiger charge is 2.46. The Morgan fingerprint density at radius 2 is 1.81 bits per heavy atom. The number of halogens is 2. The minimum absolute atomic E-state index is 0.0180. The van der Waals surface area contributed by atoms with E-state index in [0.29, 0.717) is 41.5 Å². The number of nitrogens with zero attached hydrogens (tertiary/aromatic N) is 6. The van der Waals surface area contributed by atoms with Gasteiger partial charge in [0.15, 0.2) is 5.82 Å². The third kappa shape index (κ3) is 5.41. The van der Waals surface area contributed by atoms with Gasteiger partial charge in [0.05, 0.1) is 23.0 Å². The third-order valence-corrected chi connectivity index (χ3v) is 11.0. The van der Waals surface area contributed by atoms with Crippen LogP contribution in [0.5, 0.6) is 6.01 Å². The van der Waals surface area contributed by atoms with Gasteiger partial charge in [-0.25, -0.2) is 9.18 Å². The molecular formula is C37H42ClFN6O3. The molecule has 2 aromatic carbocycles. The second-order valence-corrected chi connectivity index (χ2v) is 15.5. The van der Waals surface area contributed by atoms with Crippen molar-refractivity contribution in [2.45, 2.75) is 89.4 Å². The smallest absolute Gasteiger partial charge is 0.410 e. The van der Waals surface area contributed by atoms with Crippen molar-refractivity contribution < 1.29 is 18.7 Å². The first kappa shape index (κ1) is 31.5. The Morgan fingerprint density at radius 1 is 1.08 bits per heavy atom. The average molecular weight is 673 g/mol. The number of hydrogen-bond donors (Lipinski definition) is 0. The molecule has 4 fully saturated rings. The molecule has 1 amide bonds. The second kappa shape index (κ2) is 11.7. The molecule has 0 aliphatic carbocycles. The number of amides is 1. The number of aromatic nitrogens is 3. The number of carbonyl (C=O) groups is 1. The molecule has 2 aromatic heterocycles. The standard InChI is InChI=1S/C37H42ClFN6O3/c1-22-16-23-8-5-9-28(38)29(23)26(17-22)31-30(39)32-27(18-40-31)33(42-34(41-32)47-21-37-12-6-14-44(37)15-7-13-37)43-19-24-10-11-25(20-43)45(24)35(46)48-36(2,3)4/h5,8-9,16-18,24-25H,6-7,10-15,19-21H2,1-4H3/t24-,25+. The van der Waals surface area contributed by atoms with Crippen LogP contribution in [0.1, 0.15) is 64.9 Å². The lowest BCUT2D eigenvalue weighted by Crippen LogP contribution is -2.57. The van der Waals surface area contributed by atoms with E-state index >= 15 is 4.39 Å². The molecule has 0 spiro atoms. The first-order chi connectivity index (χ1) is 23.0. The van der Waals surface area contributed by atoms with Gasteiger partial charge in [-0.2, -0.15) is 9.97 Å². The fourth-order valence-electron chi connectivity index (χ4n) is 8.58. The maximum Gasteiger partial charge on any atom is 0.410 e. The molecule has 11 heteroatoms. The first-order valence-electron chi connectivity index (χ1n) is 17.2. The monoisotopic (exact) mass is 672 g/mol. The number of aryl methyl sites for hydroxylation is 1. The summed E-state index contributed by atoms with van der Waals surface area (Å²) in [6.45, 7) is 11.3. The Kier molecular flexibility index (Phi) is 7.67. The molecule has 8 rings (SSSR count). The molecule has 0 N–H and O–H groups in total. The summed E-state index contributed by atoms with van der Waals surface area (Å²) in [7, 11) is 0. The third-order valence-electron chi connectivity index (χ3n) is 10.6. The van der Waals surface area contributed by atoms with Crippen molar-refractivity contribution in [3.8, 4) is 17.3 Å². The SMILES string of the molecule is Cc1cc(-c2ncc3c(N4C[C@H]5CC[C@@H](C4)N5C(=O)OC(C)(C)C)nc(OCC45CCCN4CCC5)nc3c2F)c2c(Cl)cccc2c1. The number of piperazine rings is 1. The minimum Gasteiger partial charge on any atom is -0.461 e. The zero-order valence-corrected chi connectivity index (χ0v) is 28.8. The van der Waals surface area contributed by atoms with E-state index in [1.807, 2.05) is 62.9 Å². The van der Waals surface area contributed by atoms with Gasteiger partial charge in [0, 0.05) is 35.3 Å². The zero-order chi connectivity index (χ0) is 33.4. The molecule has 4 saturated heterocycles. The highest BCUT2D eigenvalue weighted by atomic mass is 35.5. The summed E-state index contributed by atoms with van der Waals surface area (Å²) in [6.07, 6.45) is 7.56. The van der Waals surface area contributed by atoms with Crippen LogP contribution >= 0.6 is 11.6 Å². The van der Waals surface area contributed by atoms with Crippen molar-refractivity contribution in [3.05, 3.63) is 52.9 Å². The number of hydrogen-bond acceptors (Lipinski definition) is 8. The van der Waals surface area contributed by atoms with E-state index in [2.05, 4.69) is 9.80 Å². The van der Waals surface area contributed by atoms with Crippen molar-refractivity contribution >= 4 is 45.2 Å². The topological polar surface area (TPSA) is 83.9 Å². The van der Waals surface area contributed by atoms with E-state index in [-0.39, 0.29) is 40.9 Å². The molecule has 6 heterocycles. The summed E-state index contributed by atoms with van der Waals surface area (Å²) in [5.41, 5.74) is 1.35. The normalized spacial score (nSPS) is 22.1. The van der Waals surface area contributed by atoms with Gasteiger partial charge in [-0.1, -0.05) is 29.8 Å². The van der Waals surface area contributed by atoms with Gasteiger partial charge in [0.25, 0.3) is 0 Å². The summed E-state index contributed by atoms with van der Waals surface area (Å²) in [5, 5.41) is 2.71. The van der Waals surface area contributed by atoms with E-state index < -0.39 is 11.4 Å². The molecule has 4 aromatic rings. The fraction of sp³-hybridized carbons (Fsp3) is 0.514. The Hall–Kier alpha value is -3.76. The molecular weight excluding hydrogens is 631 g/mol. The summed E-state index contributed by atoms with van der Waals surface area (Å²) in [6, 6.07) is 9.71. The number of pyridine rings is 1. The molecule has 4 aliphatic rings. The van der Waals surface area contributed by atoms with Gasteiger partial charge in [-0.3, -0.25) is 14.8 Å². The number of anilines is 1. The van der Waals surface area contributed by atoms with Gasteiger partial charge in [-0.15, -0.1) is 0 Å². The number of ether oxygens (including phenoxy) is 2. The Labute approximate surface area is 285 Å². The number of fused-ring (bicyclic) bond motifs is 5. The largest absolute Gasteiger partial charge is 0.461 e. The maximum atomic E-state index is 17.0. The van der Waals surface area contributed by atoms with Gasteiger partial charge < -0.3 is 14.4 Å². The summed E-state index contributed by atoms with van der Waals surface area (Å²) in [5.74, 6) is 0.0396. The average Bonchev–Trinajstić information content (AvgIpc) is 3.69. The van der Waals surface area contributed by atoms with E-state index in [1.54, 1.807) is 6.20 Å². The van der Waals surface area contributed by atoms with Gasteiger partial charge in [0.1, 0.15) is 29.2 Å². The second-order valence-electron chi connectivity index (χ2n) is 15.0. The van der Waals surface area contributed by atoms with Crippen molar-refractivity contribution in [1.82, 2.24) is 24.8 Å². The summed E-state index contributed by atoms with van der Waals surface area (Å²) >= 11 is 6.69. The Morgan fingerprint density at radius 3 is 2.52 bits per heavy atom. The summed E-state index contributed by atoms with van der Waals surface area (Å²) < 4.78 is 29.2. The molecule has 9 nitrogen and oxygen atoms in total. The predicted molar refractivity (Wildman–Crippen MR) is 185 cm³/mol. The minimum atomic E-state index is -0.579. The van der Waals surface area contributed by atoms with Crippen LogP contribution in [-0.4, -0.2) is 86.9 Å². The van der Waals surface area contributed by atoms with Crippen LogP contribution in [0.15, 0.2) is 36.5 Å². The lowest BCUT2D eigenvalue weighted by atomic mass is 9.95. The lowest BCUT2D eigenvalue weighted by molar-refractivity contribution is 0.0122. The highest BCUT2D eigenvalue weighted by molar-refractivity contribution is 6.36. The predicted octanol–water partition coefficient (Wildman–Crippen LogP) is 7.54. The van der Waals surface area contributed by atoms with E-state index in [4.69, 9.17) is 36.0 Å². The quantitative estimate of drug-likeness (QED) is 0.215. The van der Waals surface area contributed by atoms with Crippen LogP contribution in [0.4, 0.5) is 15.0 Å². The number of benzene rings is 2. The molecule has 4 aliphatic heterocycles. The van der Waals surface area contributed by atoms with Crippen LogP contribution < -0.4 is 9.64 Å². The molecule has 0 saturated carbocycles. The van der Waals surface area contributed by atoms with Crippen LogP contribution in [0.3, 0.4) is 0 Å². The van der Waals surface area contributed by atoms with Crippen molar-refractivity contribution in [2.75, 3.05) is 37.7 Å². The zero-order valence-electron chi connectivity index (χ0n) is 28.1. The fourth-order valence-corrected chi connectivity index (χ4v) is 8.87. The molecule has 252 valence electrons. The van der Waals surface area contributed by atoms with E-state index in [9.17, 15) is 4.79 Å². The molecule has 2 bridgehead atoms. The van der Waals surface area contributed by atoms with Gasteiger partial charge in [0.2, 0.25) is 0 Å². The Bertz CT molecular complexity index is 1910. The van der Waals surface area contributed by atoms with Crippen LogP contribution in [-0.2, 0) is 4.74 Å². The van der Waals surface area contributed by atoms with Gasteiger partial charge in [-0.05, 0) is 102 Å². The van der Waals surface area contributed by atoms with E-state index in [0.717, 1.165) is 68.0 Å². The van der Waals surface area contributed by atoms with Crippen LogP contribution in [0.2, 0.25) is 5.02 Å². The maximum absolute atomic E-state index is 17.0. The van der Waals surface area contributed by atoms with Crippen molar-refractivity contribution in [2.24, 2.45) is 0 Å².